The molecule has 0 N–H and O–H groups in total. The van der Waals surface area contributed by atoms with Crippen molar-refractivity contribution in [2.75, 3.05) is 13.6 Å². The first-order valence-corrected chi connectivity index (χ1v) is 7.30. The molecule has 0 bridgehead atoms. The van der Waals surface area contributed by atoms with Crippen molar-refractivity contribution < 1.29 is 4.79 Å². The van der Waals surface area contributed by atoms with E-state index in [9.17, 15) is 4.79 Å². The Morgan fingerprint density at radius 1 is 1.29 bits per heavy atom. The Morgan fingerprint density at radius 2 is 1.95 bits per heavy atom. The van der Waals surface area contributed by atoms with Crippen LogP contribution in [0.5, 0.6) is 0 Å². The summed E-state index contributed by atoms with van der Waals surface area (Å²) in [5.41, 5.74) is 4.22. The number of carbonyl (C=O) groups excluding carboxylic acids is 1. The highest BCUT2D eigenvalue weighted by Crippen LogP contribution is 2.16. The number of aryl methyl sites for hydroxylation is 1. The van der Waals surface area contributed by atoms with Crippen molar-refractivity contribution >= 4 is 5.78 Å². The summed E-state index contributed by atoms with van der Waals surface area (Å²) in [6, 6.07) is 5.95. The normalized spacial score (nSPS) is 11.1. The summed E-state index contributed by atoms with van der Waals surface area (Å²) >= 11 is 0. The molecule has 0 radical (unpaired) electrons. The van der Waals surface area contributed by atoms with E-state index in [1.165, 1.54) is 5.56 Å². The second kappa shape index (κ2) is 6.68. The van der Waals surface area contributed by atoms with Crippen LogP contribution in [-0.4, -0.2) is 33.8 Å². The van der Waals surface area contributed by atoms with Gasteiger partial charge in [0.1, 0.15) is 0 Å². The zero-order chi connectivity index (χ0) is 15.4. The molecule has 0 saturated heterocycles. The summed E-state index contributed by atoms with van der Waals surface area (Å²) in [5.74, 6) is 0.180. The number of Topliss-reactive ketones (excluding diaryl/α,β-unsaturated/α-hetero) is 1. The highest BCUT2D eigenvalue weighted by molar-refractivity contribution is 5.99. The second-order valence-electron chi connectivity index (χ2n) is 5.48. The molecule has 112 valence electrons. The van der Waals surface area contributed by atoms with E-state index in [-0.39, 0.29) is 5.78 Å². The fourth-order valence-corrected chi connectivity index (χ4v) is 2.76. The van der Waals surface area contributed by atoms with E-state index in [4.69, 9.17) is 0 Å². The van der Waals surface area contributed by atoms with Crippen molar-refractivity contribution in [1.29, 1.82) is 0 Å². The number of hydrogen-bond acceptors (Lipinski definition) is 3. The lowest BCUT2D eigenvalue weighted by molar-refractivity contribution is 0.0942. The lowest BCUT2D eigenvalue weighted by Gasteiger charge is -2.15. The van der Waals surface area contributed by atoms with Crippen molar-refractivity contribution in [1.82, 2.24) is 14.5 Å². The van der Waals surface area contributed by atoms with Crippen LogP contribution in [0.2, 0.25) is 0 Å². The Kier molecular flexibility index (Phi) is 4.91. The average molecular weight is 285 g/mol. The van der Waals surface area contributed by atoms with Crippen LogP contribution in [0.3, 0.4) is 0 Å². The molecule has 21 heavy (non-hydrogen) atoms. The van der Waals surface area contributed by atoms with E-state index >= 15 is 0 Å². The molecule has 0 spiro atoms. The molecular formula is C17H23N3O. The first-order chi connectivity index (χ1) is 10.0. The minimum Gasteiger partial charge on any atom is -0.349 e. The van der Waals surface area contributed by atoms with Crippen molar-refractivity contribution in [3.8, 4) is 0 Å². The fourth-order valence-electron chi connectivity index (χ4n) is 2.76. The number of carbonyl (C=O) groups is 1. The molecule has 0 aliphatic rings. The van der Waals surface area contributed by atoms with Crippen molar-refractivity contribution in [2.45, 2.75) is 33.9 Å². The number of ketones is 1. The maximum Gasteiger partial charge on any atom is 0.178 e. The Labute approximate surface area is 126 Å². The van der Waals surface area contributed by atoms with Gasteiger partial charge in [0.2, 0.25) is 0 Å². The van der Waals surface area contributed by atoms with E-state index < -0.39 is 0 Å². The summed E-state index contributed by atoms with van der Waals surface area (Å²) in [5, 5.41) is 0. The van der Waals surface area contributed by atoms with Crippen LogP contribution in [0.15, 0.2) is 30.6 Å². The summed E-state index contributed by atoms with van der Waals surface area (Å²) in [6.45, 7) is 8.25. The van der Waals surface area contributed by atoms with Gasteiger partial charge in [0.15, 0.2) is 5.78 Å². The molecule has 0 aromatic carbocycles. The Bertz CT molecular complexity index is 616. The van der Waals surface area contributed by atoms with E-state index in [1.54, 1.807) is 12.4 Å². The molecule has 2 rings (SSSR count). The standard InChI is InChI=1S/C17H23N3O/c1-5-20-13(2)10-16(14(20)3)17(21)12-19(4)11-15-6-8-18-9-7-15/h6-10H,5,11-12H2,1-4H3. The molecule has 0 saturated carbocycles. The van der Waals surface area contributed by atoms with Gasteiger partial charge in [-0.3, -0.25) is 14.7 Å². The predicted molar refractivity (Wildman–Crippen MR) is 84.5 cm³/mol. The van der Waals surface area contributed by atoms with Crippen LogP contribution < -0.4 is 0 Å². The minimum absolute atomic E-state index is 0.180. The molecule has 4 nitrogen and oxygen atoms in total. The van der Waals surface area contributed by atoms with Gasteiger partial charge in [-0.05, 0) is 51.6 Å². The smallest absolute Gasteiger partial charge is 0.178 e. The minimum atomic E-state index is 0.180. The molecule has 2 aromatic heterocycles. The molecule has 4 heteroatoms. The van der Waals surface area contributed by atoms with Crippen molar-refractivity contribution in [2.24, 2.45) is 0 Å². The Balaban J connectivity index is 2.04. The highest BCUT2D eigenvalue weighted by atomic mass is 16.1. The largest absolute Gasteiger partial charge is 0.349 e. The molecule has 2 aromatic rings. The molecular weight excluding hydrogens is 262 g/mol. The summed E-state index contributed by atoms with van der Waals surface area (Å²) in [7, 11) is 1.97. The maximum atomic E-state index is 12.5. The summed E-state index contributed by atoms with van der Waals surface area (Å²) in [6.07, 6.45) is 3.56. The van der Waals surface area contributed by atoms with Gasteiger partial charge in [0.05, 0.1) is 6.54 Å². The van der Waals surface area contributed by atoms with Crippen molar-refractivity contribution in [3.05, 3.63) is 53.1 Å². The van der Waals surface area contributed by atoms with Gasteiger partial charge in [-0.1, -0.05) is 0 Å². The van der Waals surface area contributed by atoms with Gasteiger partial charge in [0.25, 0.3) is 0 Å². The predicted octanol–water partition coefficient (Wildman–Crippen LogP) is 2.83. The molecule has 0 aliphatic heterocycles. The quantitative estimate of drug-likeness (QED) is 0.766. The van der Waals surface area contributed by atoms with Crippen LogP contribution in [0, 0.1) is 13.8 Å². The van der Waals surface area contributed by atoms with Crippen LogP contribution in [0.1, 0.15) is 34.2 Å². The third kappa shape index (κ3) is 3.58. The first kappa shape index (κ1) is 15.4. The number of aromatic nitrogens is 2. The van der Waals surface area contributed by atoms with Gasteiger partial charge in [-0.15, -0.1) is 0 Å². The van der Waals surface area contributed by atoms with E-state index in [2.05, 4.69) is 16.5 Å². The van der Waals surface area contributed by atoms with Crippen LogP contribution in [0.4, 0.5) is 0 Å². The SMILES string of the molecule is CCn1c(C)cc(C(=O)CN(C)Cc2ccncc2)c1C. The number of nitrogens with zero attached hydrogens (tertiary/aromatic N) is 3. The second-order valence-corrected chi connectivity index (χ2v) is 5.48. The van der Waals surface area contributed by atoms with Gasteiger partial charge in [-0.25, -0.2) is 0 Å². The number of likely N-dealkylation sites (N-methyl/N-ethyl adjacent to an activating group) is 1. The summed E-state index contributed by atoms with van der Waals surface area (Å²) in [4.78, 5) is 18.5. The van der Waals surface area contributed by atoms with E-state index in [1.807, 2.05) is 44.0 Å². The maximum absolute atomic E-state index is 12.5. The highest BCUT2D eigenvalue weighted by Gasteiger charge is 2.16. The van der Waals surface area contributed by atoms with Crippen LogP contribution in [0.25, 0.3) is 0 Å². The van der Waals surface area contributed by atoms with Gasteiger partial charge < -0.3 is 4.57 Å². The number of pyridine rings is 1. The summed E-state index contributed by atoms with van der Waals surface area (Å²) < 4.78 is 2.18. The van der Waals surface area contributed by atoms with Crippen LogP contribution >= 0.6 is 0 Å². The topological polar surface area (TPSA) is 38.1 Å². The van der Waals surface area contributed by atoms with Crippen LogP contribution in [-0.2, 0) is 13.1 Å². The van der Waals surface area contributed by atoms with Gasteiger partial charge in [-0.2, -0.15) is 0 Å². The zero-order valence-corrected chi connectivity index (χ0v) is 13.3. The monoisotopic (exact) mass is 285 g/mol. The Morgan fingerprint density at radius 3 is 2.52 bits per heavy atom. The number of hydrogen-bond donors (Lipinski definition) is 0. The number of rotatable bonds is 6. The third-order valence-corrected chi connectivity index (χ3v) is 3.81. The van der Waals surface area contributed by atoms with Gasteiger partial charge >= 0.3 is 0 Å². The van der Waals surface area contributed by atoms with Crippen molar-refractivity contribution in [3.63, 3.8) is 0 Å². The van der Waals surface area contributed by atoms with Gasteiger partial charge in [0, 0.05) is 42.4 Å². The molecule has 0 aliphatic carbocycles. The van der Waals surface area contributed by atoms with E-state index in [0.717, 1.165) is 30.0 Å². The fraction of sp³-hybridized carbons (Fsp3) is 0.412. The molecule has 0 unspecified atom stereocenters. The zero-order valence-electron chi connectivity index (χ0n) is 13.3. The third-order valence-electron chi connectivity index (χ3n) is 3.81. The molecule has 0 amide bonds. The first-order valence-electron chi connectivity index (χ1n) is 7.30. The Hall–Kier alpha value is -1.94. The molecule has 0 atom stereocenters. The molecule has 2 heterocycles. The lowest BCUT2D eigenvalue weighted by Crippen LogP contribution is -2.26. The lowest BCUT2D eigenvalue weighted by atomic mass is 10.1. The van der Waals surface area contributed by atoms with E-state index in [0.29, 0.717) is 6.54 Å². The average Bonchev–Trinajstić information content (AvgIpc) is 2.74. The molecule has 0 fully saturated rings.